The molecule has 1 aliphatic rings. The second-order valence-corrected chi connectivity index (χ2v) is 8.32. The van der Waals surface area contributed by atoms with E-state index >= 15 is 0 Å². The Kier molecular flexibility index (Phi) is 5.12. The highest BCUT2D eigenvalue weighted by atomic mass is 35.5. The summed E-state index contributed by atoms with van der Waals surface area (Å²) in [6, 6.07) is 17.4. The molecule has 0 bridgehead atoms. The Labute approximate surface area is 189 Å². The van der Waals surface area contributed by atoms with E-state index in [9.17, 15) is 9.59 Å². The summed E-state index contributed by atoms with van der Waals surface area (Å²) >= 11 is 6.11. The second-order valence-electron chi connectivity index (χ2n) is 7.88. The largest absolute Gasteiger partial charge is 0.366 e. The van der Waals surface area contributed by atoms with Crippen molar-refractivity contribution in [2.24, 2.45) is 14.1 Å². The summed E-state index contributed by atoms with van der Waals surface area (Å²) in [7, 11) is 3.21. The molecule has 0 N–H and O–H groups in total. The maximum absolute atomic E-state index is 13.3. The smallest absolute Gasteiger partial charge is 0.331 e. The Hall–Kier alpha value is -3.35. The summed E-state index contributed by atoms with van der Waals surface area (Å²) in [5, 5.41) is 1.13. The van der Waals surface area contributed by atoms with Gasteiger partial charge in [0.05, 0.1) is 28.9 Å². The molecule has 2 aromatic carbocycles. The molecule has 0 unspecified atom stereocenters. The monoisotopic (exact) mass is 447 g/mol. The molecule has 0 spiro atoms. The lowest BCUT2D eigenvalue weighted by Crippen LogP contribution is -2.37. The Morgan fingerprint density at radius 3 is 2.44 bits per heavy atom. The molecule has 162 valence electrons. The standard InChI is InChI=1S/C25H22ClN3O3/c1-27-23-20(24(30)28(2)25(27)31)21(17-9-11-18(26)12-10-17)29-14-15-32-19(22(23)29)13-8-16-6-4-3-5-7-16/h3-13,19H,14-15H2,1-2H3/b13-8+/t19-/m0/s1. The number of rotatable bonds is 3. The molecule has 4 aromatic rings. The average Bonchev–Trinajstić information content (AvgIpc) is 3.17. The Morgan fingerprint density at radius 2 is 1.72 bits per heavy atom. The first-order chi connectivity index (χ1) is 15.5. The van der Waals surface area contributed by atoms with E-state index in [0.29, 0.717) is 29.1 Å². The van der Waals surface area contributed by atoms with Gasteiger partial charge in [0.15, 0.2) is 0 Å². The fourth-order valence-corrected chi connectivity index (χ4v) is 4.55. The first-order valence-corrected chi connectivity index (χ1v) is 10.8. The van der Waals surface area contributed by atoms with Gasteiger partial charge in [-0.2, -0.15) is 0 Å². The maximum atomic E-state index is 13.3. The van der Waals surface area contributed by atoms with E-state index in [1.54, 1.807) is 23.7 Å². The van der Waals surface area contributed by atoms with Gasteiger partial charge in [-0.3, -0.25) is 13.9 Å². The summed E-state index contributed by atoms with van der Waals surface area (Å²) in [5.41, 5.74) is 3.42. The lowest BCUT2D eigenvalue weighted by atomic mass is 10.1. The van der Waals surface area contributed by atoms with Crippen LogP contribution < -0.4 is 11.2 Å². The molecule has 3 heterocycles. The minimum atomic E-state index is -0.398. The lowest BCUT2D eigenvalue weighted by molar-refractivity contribution is 0.0532. The SMILES string of the molecule is Cn1c(=O)c2c(-c3ccc(Cl)cc3)n3c(c2n(C)c1=O)[C@H](/C=C/c1ccccc1)OCC3. The molecule has 0 amide bonds. The maximum Gasteiger partial charge on any atom is 0.331 e. The first kappa shape index (κ1) is 20.5. The second kappa shape index (κ2) is 7.97. The van der Waals surface area contributed by atoms with E-state index in [1.165, 1.54) is 7.05 Å². The van der Waals surface area contributed by atoms with Gasteiger partial charge in [-0.1, -0.05) is 60.1 Å². The van der Waals surface area contributed by atoms with Crippen LogP contribution in [-0.2, 0) is 25.4 Å². The molecule has 0 saturated heterocycles. The number of nitrogens with zero attached hydrogens (tertiary/aromatic N) is 3. The van der Waals surface area contributed by atoms with Crippen LogP contribution in [0.15, 0.2) is 70.3 Å². The Balaban J connectivity index is 1.83. The van der Waals surface area contributed by atoms with Crippen LogP contribution in [0.2, 0.25) is 5.02 Å². The van der Waals surface area contributed by atoms with E-state index in [2.05, 4.69) is 4.57 Å². The predicted octanol–water partition coefficient (Wildman–Crippen LogP) is 4.14. The highest BCUT2D eigenvalue weighted by Gasteiger charge is 2.31. The van der Waals surface area contributed by atoms with E-state index in [4.69, 9.17) is 16.3 Å². The van der Waals surface area contributed by atoms with Crippen molar-refractivity contribution in [2.45, 2.75) is 12.6 Å². The van der Waals surface area contributed by atoms with E-state index in [1.807, 2.05) is 54.6 Å². The van der Waals surface area contributed by atoms with Crippen LogP contribution in [0.3, 0.4) is 0 Å². The molecule has 6 nitrogen and oxygen atoms in total. The summed E-state index contributed by atoms with van der Waals surface area (Å²) < 4.78 is 10.9. The quantitative estimate of drug-likeness (QED) is 0.474. The molecule has 32 heavy (non-hydrogen) atoms. The van der Waals surface area contributed by atoms with Gasteiger partial charge >= 0.3 is 5.69 Å². The highest BCUT2D eigenvalue weighted by Crippen LogP contribution is 2.38. The summed E-state index contributed by atoms with van der Waals surface area (Å²) in [4.78, 5) is 26.1. The molecule has 1 atom stereocenters. The Bertz CT molecular complexity index is 1460. The minimum Gasteiger partial charge on any atom is -0.366 e. The van der Waals surface area contributed by atoms with Crippen LogP contribution >= 0.6 is 11.6 Å². The number of aryl methyl sites for hydroxylation is 1. The molecular formula is C25H22ClN3O3. The number of ether oxygens (including phenoxy) is 1. The van der Waals surface area contributed by atoms with E-state index < -0.39 is 6.10 Å². The van der Waals surface area contributed by atoms with Gasteiger partial charge in [-0.15, -0.1) is 0 Å². The van der Waals surface area contributed by atoms with Crippen LogP contribution in [0.25, 0.3) is 28.2 Å². The zero-order chi connectivity index (χ0) is 22.4. The number of hydrogen-bond donors (Lipinski definition) is 0. The molecule has 0 radical (unpaired) electrons. The van der Waals surface area contributed by atoms with Gasteiger partial charge in [-0.05, 0) is 29.3 Å². The minimum absolute atomic E-state index is 0.319. The first-order valence-electron chi connectivity index (χ1n) is 10.4. The van der Waals surface area contributed by atoms with Crippen molar-refractivity contribution in [2.75, 3.05) is 6.61 Å². The van der Waals surface area contributed by atoms with Crippen LogP contribution in [-0.4, -0.2) is 20.3 Å². The molecule has 1 aliphatic heterocycles. The van der Waals surface area contributed by atoms with Crippen molar-refractivity contribution in [3.8, 4) is 11.3 Å². The zero-order valence-corrected chi connectivity index (χ0v) is 18.5. The van der Waals surface area contributed by atoms with Gasteiger partial charge in [0, 0.05) is 25.7 Å². The van der Waals surface area contributed by atoms with Crippen molar-refractivity contribution in [3.63, 3.8) is 0 Å². The third-order valence-corrected chi connectivity index (χ3v) is 6.22. The third-order valence-electron chi connectivity index (χ3n) is 5.97. The summed E-state index contributed by atoms with van der Waals surface area (Å²) in [5.74, 6) is 0. The molecular weight excluding hydrogens is 426 g/mol. The molecule has 0 aliphatic carbocycles. The van der Waals surface area contributed by atoms with Crippen LogP contribution in [0, 0.1) is 0 Å². The summed E-state index contributed by atoms with van der Waals surface area (Å²) in [6.07, 6.45) is 3.58. The van der Waals surface area contributed by atoms with Crippen molar-refractivity contribution >= 4 is 28.6 Å². The van der Waals surface area contributed by atoms with Gasteiger partial charge in [0.25, 0.3) is 5.56 Å². The number of halogens is 1. The van der Waals surface area contributed by atoms with Crippen LogP contribution in [0.5, 0.6) is 0 Å². The van der Waals surface area contributed by atoms with Crippen LogP contribution in [0.1, 0.15) is 17.4 Å². The van der Waals surface area contributed by atoms with Crippen molar-refractivity contribution in [1.82, 2.24) is 13.7 Å². The predicted molar refractivity (Wildman–Crippen MR) is 127 cm³/mol. The number of benzene rings is 2. The number of hydrogen-bond acceptors (Lipinski definition) is 3. The lowest BCUT2D eigenvalue weighted by Gasteiger charge is -2.25. The normalized spacial score (nSPS) is 16.0. The third kappa shape index (κ3) is 3.23. The summed E-state index contributed by atoms with van der Waals surface area (Å²) in [6.45, 7) is 1.07. The van der Waals surface area contributed by atoms with Crippen molar-refractivity contribution in [1.29, 1.82) is 0 Å². The van der Waals surface area contributed by atoms with Gasteiger partial charge in [0.1, 0.15) is 6.10 Å². The number of aromatic nitrogens is 3. The van der Waals surface area contributed by atoms with E-state index in [-0.39, 0.29) is 11.2 Å². The molecule has 2 aromatic heterocycles. The van der Waals surface area contributed by atoms with Gasteiger partial charge < -0.3 is 9.30 Å². The van der Waals surface area contributed by atoms with Gasteiger partial charge in [0.2, 0.25) is 0 Å². The number of fused-ring (bicyclic) bond motifs is 3. The van der Waals surface area contributed by atoms with Gasteiger partial charge in [-0.25, -0.2) is 4.79 Å². The molecule has 0 saturated carbocycles. The average molecular weight is 448 g/mol. The Morgan fingerprint density at radius 1 is 1.00 bits per heavy atom. The fraction of sp³-hybridized carbons (Fsp3) is 0.200. The topological polar surface area (TPSA) is 58.2 Å². The fourth-order valence-electron chi connectivity index (χ4n) is 4.43. The van der Waals surface area contributed by atoms with Crippen molar-refractivity contribution in [3.05, 3.63) is 97.8 Å². The molecule has 5 rings (SSSR count). The van der Waals surface area contributed by atoms with Crippen molar-refractivity contribution < 1.29 is 4.74 Å². The van der Waals surface area contributed by atoms with E-state index in [0.717, 1.165) is 27.1 Å². The zero-order valence-electron chi connectivity index (χ0n) is 17.8. The highest BCUT2D eigenvalue weighted by molar-refractivity contribution is 6.30. The molecule has 7 heteroatoms. The molecule has 0 fully saturated rings. The van der Waals surface area contributed by atoms with Crippen LogP contribution in [0.4, 0.5) is 0 Å².